The van der Waals surface area contributed by atoms with Gasteiger partial charge in [0.05, 0.1) is 18.3 Å². The molecule has 1 aromatic carbocycles. The molecule has 1 atom stereocenters. The Morgan fingerprint density at radius 1 is 1.42 bits per heavy atom. The van der Waals surface area contributed by atoms with E-state index in [2.05, 4.69) is 5.32 Å². The van der Waals surface area contributed by atoms with E-state index in [9.17, 15) is 4.79 Å². The van der Waals surface area contributed by atoms with Gasteiger partial charge in [-0.15, -0.1) is 0 Å². The highest BCUT2D eigenvalue weighted by Crippen LogP contribution is 2.25. The van der Waals surface area contributed by atoms with Gasteiger partial charge in [0.1, 0.15) is 12.4 Å². The Morgan fingerprint density at radius 3 is 2.79 bits per heavy atom. The molecule has 0 spiro atoms. The number of benzene rings is 1. The number of methoxy groups -OCH3 is 1. The molecule has 19 heavy (non-hydrogen) atoms. The third-order valence-electron chi connectivity index (χ3n) is 2.72. The van der Waals surface area contributed by atoms with Crippen molar-refractivity contribution in [3.8, 4) is 5.75 Å². The number of rotatable bonds is 7. The molecule has 1 amide bonds. The summed E-state index contributed by atoms with van der Waals surface area (Å²) in [6.45, 7) is 4.76. The van der Waals surface area contributed by atoms with Crippen LogP contribution in [0, 0.1) is 6.92 Å². The van der Waals surface area contributed by atoms with Crippen molar-refractivity contribution >= 4 is 11.6 Å². The minimum absolute atomic E-state index is 0.206. The van der Waals surface area contributed by atoms with E-state index in [1.54, 1.807) is 7.11 Å². The number of amides is 1. The number of nitrogens with one attached hydrogen (secondary N) is 1. The fourth-order valence-corrected chi connectivity index (χ4v) is 1.50. The summed E-state index contributed by atoms with van der Waals surface area (Å²) in [6, 6.07) is 5.10. The van der Waals surface area contributed by atoms with Gasteiger partial charge >= 0.3 is 0 Å². The van der Waals surface area contributed by atoms with Crippen LogP contribution in [0.15, 0.2) is 18.2 Å². The van der Waals surface area contributed by atoms with E-state index in [1.807, 2.05) is 32.0 Å². The molecule has 1 rings (SSSR count). The van der Waals surface area contributed by atoms with Crippen molar-refractivity contribution in [2.45, 2.75) is 26.3 Å². The van der Waals surface area contributed by atoms with E-state index in [4.69, 9.17) is 15.2 Å². The molecule has 0 bridgehead atoms. The van der Waals surface area contributed by atoms with Crippen LogP contribution in [0.1, 0.15) is 18.9 Å². The lowest BCUT2D eigenvalue weighted by Crippen LogP contribution is -2.34. The second-order valence-corrected chi connectivity index (χ2v) is 4.34. The molecule has 0 saturated carbocycles. The molecule has 0 aliphatic heterocycles. The first-order valence-corrected chi connectivity index (χ1v) is 6.37. The summed E-state index contributed by atoms with van der Waals surface area (Å²) in [5.74, 6) is 0.427. The van der Waals surface area contributed by atoms with Crippen LogP contribution in [0.3, 0.4) is 0 Å². The molecule has 0 aliphatic rings. The Bertz CT molecular complexity index is 421. The van der Waals surface area contributed by atoms with Crippen LogP contribution in [0.2, 0.25) is 0 Å². The Labute approximate surface area is 114 Å². The summed E-state index contributed by atoms with van der Waals surface area (Å²) < 4.78 is 10.5. The molecule has 3 N–H and O–H groups in total. The number of ether oxygens (including phenoxy) is 2. The van der Waals surface area contributed by atoms with Crippen molar-refractivity contribution in [1.29, 1.82) is 0 Å². The Balaban J connectivity index is 2.78. The highest BCUT2D eigenvalue weighted by atomic mass is 16.5. The number of hydrogen-bond acceptors (Lipinski definition) is 4. The largest absolute Gasteiger partial charge is 0.489 e. The van der Waals surface area contributed by atoms with Crippen molar-refractivity contribution in [2.24, 2.45) is 5.73 Å². The number of nitrogens with two attached hydrogens (primary N) is 1. The number of hydrogen-bond donors (Lipinski definition) is 2. The van der Waals surface area contributed by atoms with Gasteiger partial charge in [0, 0.05) is 7.11 Å². The highest BCUT2D eigenvalue weighted by molar-refractivity contribution is 5.95. The zero-order valence-corrected chi connectivity index (χ0v) is 11.7. The quantitative estimate of drug-likeness (QED) is 0.737. The molecule has 106 valence electrons. The number of aryl methyl sites for hydroxylation is 1. The Morgan fingerprint density at radius 2 is 2.16 bits per heavy atom. The van der Waals surface area contributed by atoms with Crippen LogP contribution in [-0.2, 0) is 9.53 Å². The van der Waals surface area contributed by atoms with E-state index < -0.39 is 6.04 Å². The van der Waals surface area contributed by atoms with E-state index >= 15 is 0 Å². The SMILES string of the molecule is CCC(N)C(=O)Nc1ccc(C)cc1OCCOC. The molecular weight excluding hydrogens is 244 g/mol. The minimum atomic E-state index is -0.506. The van der Waals surface area contributed by atoms with Crippen LogP contribution in [0.5, 0.6) is 5.75 Å². The van der Waals surface area contributed by atoms with Gasteiger partial charge in [-0.3, -0.25) is 4.79 Å². The van der Waals surface area contributed by atoms with Gasteiger partial charge in [0.15, 0.2) is 0 Å². The smallest absolute Gasteiger partial charge is 0.241 e. The normalized spacial score (nSPS) is 12.0. The highest BCUT2D eigenvalue weighted by Gasteiger charge is 2.13. The minimum Gasteiger partial charge on any atom is -0.489 e. The van der Waals surface area contributed by atoms with E-state index in [0.717, 1.165) is 5.56 Å². The second kappa shape index (κ2) is 7.76. The Kier molecular flexibility index (Phi) is 6.32. The average Bonchev–Trinajstić information content (AvgIpc) is 2.40. The molecule has 1 unspecified atom stereocenters. The monoisotopic (exact) mass is 266 g/mol. The molecule has 0 heterocycles. The lowest BCUT2D eigenvalue weighted by atomic mass is 10.2. The van der Waals surface area contributed by atoms with Crippen molar-refractivity contribution in [2.75, 3.05) is 25.6 Å². The molecule has 0 radical (unpaired) electrons. The molecule has 0 saturated heterocycles. The van der Waals surface area contributed by atoms with Gasteiger partial charge in [0.25, 0.3) is 0 Å². The van der Waals surface area contributed by atoms with E-state index in [-0.39, 0.29) is 5.91 Å². The summed E-state index contributed by atoms with van der Waals surface area (Å²) in [7, 11) is 1.61. The topological polar surface area (TPSA) is 73.6 Å². The van der Waals surface area contributed by atoms with E-state index in [1.165, 1.54) is 0 Å². The lowest BCUT2D eigenvalue weighted by Gasteiger charge is -2.15. The molecular formula is C14H22N2O3. The van der Waals surface area contributed by atoms with E-state index in [0.29, 0.717) is 31.1 Å². The zero-order valence-electron chi connectivity index (χ0n) is 11.7. The molecule has 0 fully saturated rings. The first-order chi connectivity index (χ1) is 9.08. The Hall–Kier alpha value is -1.59. The summed E-state index contributed by atoms with van der Waals surface area (Å²) in [5, 5.41) is 2.79. The van der Waals surface area contributed by atoms with Crippen LogP contribution in [0.4, 0.5) is 5.69 Å². The number of carbonyl (C=O) groups excluding carboxylic acids is 1. The summed E-state index contributed by atoms with van der Waals surface area (Å²) in [6.07, 6.45) is 0.595. The maximum absolute atomic E-state index is 11.8. The molecule has 0 aromatic heterocycles. The fraction of sp³-hybridized carbons (Fsp3) is 0.500. The van der Waals surface area contributed by atoms with Crippen LogP contribution in [-0.4, -0.2) is 32.3 Å². The molecule has 0 aliphatic carbocycles. The average molecular weight is 266 g/mol. The standard InChI is InChI=1S/C14H22N2O3/c1-4-11(15)14(17)16-12-6-5-10(2)9-13(12)19-8-7-18-3/h5-6,9,11H,4,7-8,15H2,1-3H3,(H,16,17). The maximum atomic E-state index is 11.8. The first-order valence-electron chi connectivity index (χ1n) is 6.37. The van der Waals surface area contributed by atoms with Crippen molar-refractivity contribution in [3.63, 3.8) is 0 Å². The van der Waals surface area contributed by atoms with Crippen molar-refractivity contribution in [1.82, 2.24) is 0 Å². The third kappa shape index (κ3) is 4.89. The zero-order chi connectivity index (χ0) is 14.3. The summed E-state index contributed by atoms with van der Waals surface area (Å²) in [5.41, 5.74) is 7.39. The van der Waals surface area contributed by atoms with Gasteiger partial charge in [0.2, 0.25) is 5.91 Å². The van der Waals surface area contributed by atoms with Gasteiger partial charge in [-0.1, -0.05) is 13.0 Å². The fourth-order valence-electron chi connectivity index (χ4n) is 1.50. The van der Waals surface area contributed by atoms with Crippen LogP contribution < -0.4 is 15.8 Å². The summed E-state index contributed by atoms with van der Waals surface area (Å²) in [4.78, 5) is 11.8. The molecule has 1 aromatic rings. The van der Waals surface area contributed by atoms with Crippen molar-refractivity contribution in [3.05, 3.63) is 23.8 Å². The van der Waals surface area contributed by atoms with Crippen molar-refractivity contribution < 1.29 is 14.3 Å². The first kappa shape index (κ1) is 15.5. The predicted molar refractivity (Wildman–Crippen MR) is 75.4 cm³/mol. The number of carbonyl (C=O) groups is 1. The van der Waals surface area contributed by atoms with Crippen LogP contribution in [0.25, 0.3) is 0 Å². The molecule has 5 heteroatoms. The molecule has 5 nitrogen and oxygen atoms in total. The summed E-state index contributed by atoms with van der Waals surface area (Å²) >= 11 is 0. The van der Waals surface area contributed by atoms with Gasteiger partial charge in [-0.25, -0.2) is 0 Å². The third-order valence-corrected chi connectivity index (χ3v) is 2.72. The lowest BCUT2D eigenvalue weighted by molar-refractivity contribution is -0.117. The van der Waals surface area contributed by atoms with Gasteiger partial charge in [-0.2, -0.15) is 0 Å². The van der Waals surface area contributed by atoms with Crippen LogP contribution >= 0.6 is 0 Å². The van der Waals surface area contributed by atoms with Gasteiger partial charge < -0.3 is 20.5 Å². The maximum Gasteiger partial charge on any atom is 0.241 e. The second-order valence-electron chi connectivity index (χ2n) is 4.34. The van der Waals surface area contributed by atoms with Gasteiger partial charge in [-0.05, 0) is 31.0 Å². The number of anilines is 1. The predicted octanol–water partition coefficient (Wildman–Crippen LogP) is 1.70.